The van der Waals surface area contributed by atoms with E-state index in [0.717, 1.165) is 0 Å². The highest BCUT2D eigenvalue weighted by Gasteiger charge is 2.43. The Hall–Kier alpha value is -2.90. The molecular formula is C23H23BrN2O4. The number of benzene rings is 1. The van der Waals surface area contributed by atoms with Crippen LogP contribution in [0.2, 0.25) is 0 Å². The summed E-state index contributed by atoms with van der Waals surface area (Å²) in [6, 6.07) is 5.69. The number of hydrogen-bond donors (Lipinski definition) is 1. The van der Waals surface area contributed by atoms with Gasteiger partial charge in [0, 0.05) is 18.4 Å². The highest BCUT2D eigenvalue weighted by atomic mass is 79.9. The van der Waals surface area contributed by atoms with Gasteiger partial charge in [0.2, 0.25) is 5.88 Å². The molecule has 0 radical (unpaired) electrons. The SMILES string of the molecule is C#CCOc1c(Br)cc([C@H]2C(C#N)=C(N)OC3=C2C(=O)CC(C)(C)C3)cc1OCC. The predicted octanol–water partition coefficient (Wildman–Crippen LogP) is 4.31. The molecule has 0 fully saturated rings. The number of nitriles is 1. The van der Waals surface area contributed by atoms with Crippen LogP contribution in [-0.4, -0.2) is 19.0 Å². The van der Waals surface area contributed by atoms with Crippen LogP contribution in [0.25, 0.3) is 0 Å². The number of allylic oxidation sites excluding steroid dienone is 3. The highest BCUT2D eigenvalue weighted by Crippen LogP contribution is 2.49. The summed E-state index contributed by atoms with van der Waals surface area (Å²) < 4.78 is 17.7. The number of carbonyl (C=O) groups excluding carboxylic acids is 1. The predicted molar refractivity (Wildman–Crippen MR) is 115 cm³/mol. The Morgan fingerprint density at radius 1 is 1.37 bits per heavy atom. The molecule has 2 N–H and O–H groups in total. The Kier molecular flexibility index (Phi) is 6.14. The summed E-state index contributed by atoms with van der Waals surface area (Å²) in [7, 11) is 0. The van der Waals surface area contributed by atoms with Gasteiger partial charge in [0.15, 0.2) is 17.3 Å². The van der Waals surface area contributed by atoms with Gasteiger partial charge >= 0.3 is 0 Å². The molecule has 2 aliphatic rings. The zero-order valence-electron chi connectivity index (χ0n) is 17.2. The Labute approximate surface area is 184 Å². The summed E-state index contributed by atoms with van der Waals surface area (Å²) in [5.74, 6) is 3.22. The van der Waals surface area contributed by atoms with Crippen LogP contribution in [0.3, 0.4) is 0 Å². The van der Waals surface area contributed by atoms with Gasteiger partial charge in [-0.25, -0.2) is 0 Å². The van der Waals surface area contributed by atoms with E-state index in [1.807, 2.05) is 20.8 Å². The van der Waals surface area contributed by atoms with E-state index in [-0.39, 0.29) is 29.3 Å². The van der Waals surface area contributed by atoms with Gasteiger partial charge in [0.25, 0.3) is 0 Å². The van der Waals surface area contributed by atoms with Gasteiger partial charge < -0.3 is 19.9 Å². The van der Waals surface area contributed by atoms with Crippen molar-refractivity contribution in [3.63, 3.8) is 0 Å². The number of ketones is 1. The maximum absolute atomic E-state index is 13.1. The molecule has 0 amide bonds. The van der Waals surface area contributed by atoms with Gasteiger partial charge in [-0.05, 0) is 46.0 Å². The molecular weight excluding hydrogens is 448 g/mol. The van der Waals surface area contributed by atoms with Gasteiger partial charge in [0.05, 0.1) is 17.0 Å². The van der Waals surface area contributed by atoms with Crippen LogP contribution in [0.5, 0.6) is 11.5 Å². The van der Waals surface area contributed by atoms with E-state index in [1.165, 1.54) is 0 Å². The topological polar surface area (TPSA) is 94.6 Å². The summed E-state index contributed by atoms with van der Waals surface area (Å²) in [6.45, 7) is 6.35. The smallest absolute Gasteiger partial charge is 0.205 e. The van der Waals surface area contributed by atoms with Crippen LogP contribution < -0.4 is 15.2 Å². The van der Waals surface area contributed by atoms with Crippen molar-refractivity contribution in [1.29, 1.82) is 5.26 Å². The number of carbonyl (C=O) groups is 1. The highest BCUT2D eigenvalue weighted by molar-refractivity contribution is 9.10. The number of Topliss-reactive ketones (excluding diaryl/α,β-unsaturated/α-hetero) is 1. The molecule has 1 aromatic rings. The normalized spacial score (nSPS) is 20.1. The second kappa shape index (κ2) is 8.45. The molecule has 1 aromatic carbocycles. The molecule has 0 saturated carbocycles. The van der Waals surface area contributed by atoms with E-state index >= 15 is 0 Å². The van der Waals surface area contributed by atoms with Gasteiger partial charge in [-0.15, -0.1) is 6.42 Å². The standard InChI is InChI=1S/C23H23BrN2O4/c1-5-7-29-21-15(24)8-13(9-17(21)28-6-2)19-14(12-25)22(26)30-18-11-23(3,4)10-16(27)20(18)19/h1,8-9,19H,6-7,10-11,26H2,2-4H3/t19-/m0/s1. The molecule has 1 aliphatic carbocycles. The fraction of sp³-hybridized carbons (Fsp3) is 0.391. The number of hydrogen-bond acceptors (Lipinski definition) is 6. The van der Waals surface area contributed by atoms with Crippen LogP contribution >= 0.6 is 15.9 Å². The molecule has 0 saturated heterocycles. The third kappa shape index (κ3) is 4.04. The van der Waals surface area contributed by atoms with Gasteiger partial charge in [-0.1, -0.05) is 19.8 Å². The lowest BCUT2D eigenvalue weighted by Crippen LogP contribution is -2.33. The summed E-state index contributed by atoms with van der Waals surface area (Å²) in [5, 5.41) is 9.79. The van der Waals surface area contributed by atoms with Crippen molar-refractivity contribution >= 4 is 21.7 Å². The lowest BCUT2D eigenvalue weighted by Gasteiger charge is -2.37. The van der Waals surface area contributed by atoms with E-state index in [9.17, 15) is 10.1 Å². The van der Waals surface area contributed by atoms with Gasteiger partial charge in [0.1, 0.15) is 24.0 Å². The maximum atomic E-state index is 13.1. The number of terminal acetylenes is 1. The van der Waals surface area contributed by atoms with Crippen molar-refractivity contribution in [3.05, 3.63) is 45.0 Å². The van der Waals surface area contributed by atoms with Gasteiger partial charge in [-0.2, -0.15) is 5.26 Å². The third-order valence-corrected chi connectivity index (χ3v) is 5.63. The Morgan fingerprint density at radius 3 is 2.73 bits per heavy atom. The number of ether oxygens (including phenoxy) is 3. The molecule has 1 atom stereocenters. The zero-order chi connectivity index (χ0) is 22.1. The lowest BCUT2D eigenvalue weighted by atomic mass is 9.70. The lowest BCUT2D eigenvalue weighted by molar-refractivity contribution is -0.119. The zero-order valence-corrected chi connectivity index (χ0v) is 18.8. The number of rotatable bonds is 5. The minimum atomic E-state index is -0.639. The second-order valence-electron chi connectivity index (χ2n) is 7.96. The van der Waals surface area contributed by atoms with E-state index in [2.05, 4.69) is 27.9 Å². The molecule has 3 rings (SSSR count). The fourth-order valence-electron chi connectivity index (χ4n) is 3.89. The summed E-state index contributed by atoms with van der Waals surface area (Å²) in [4.78, 5) is 13.1. The average Bonchev–Trinajstić information content (AvgIpc) is 2.65. The quantitative estimate of drug-likeness (QED) is 0.644. The van der Waals surface area contributed by atoms with Gasteiger partial charge in [-0.3, -0.25) is 4.79 Å². The van der Waals surface area contributed by atoms with Crippen molar-refractivity contribution in [2.45, 2.75) is 39.5 Å². The Balaban J connectivity index is 2.19. The van der Waals surface area contributed by atoms with E-state index in [1.54, 1.807) is 12.1 Å². The molecule has 0 bridgehead atoms. The molecule has 1 aliphatic heterocycles. The first-order chi connectivity index (χ1) is 14.2. The van der Waals surface area contributed by atoms with Crippen LogP contribution in [0, 0.1) is 29.1 Å². The summed E-state index contributed by atoms with van der Waals surface area (Å²) >= 11 is 3.51. The van der Waals surface area contributed by atoms with Crippen LogP contribution in [0.15, 0.2) is 39.4 Å². The van der Waals surface area contributed by atoms with Crippen molar-refractivity contribution in [1.82, 2.24) is 0 Å². The molecule has 7 heteroatoms. The first kappa shape index (κ1) is 21.8. The first-order valence-electron chi connectivity index (χ1n) is 9.58. The molecule has 1 heterocycles. The molecule has 6 nitrogen and oxygen atoms in total. The minimum Gasteiger partial charge on any atom is -0.490 e. The fourth-order valence-corrected chi connectivity index (χ4v) is 4.46. The van der Waals surface area contributed by atoms with Crippen LogP contribution in [-0.2, 0) is 9.53 Å². The Morgan fingerprint density at radius 2 is 2.10 bits per heavy atom. The van der Waals surface area contributed by atoms with Crippen molar-refractivity contribution in [3.8, 4) is 29.9 Å². The van der Waals surface area contributed by atoms with E-state index < -0.39 is 5.92 Å². The molecule has 30 heavy (non-hydrogen) atoms. The van der Waals surface area contributed by atoms with Crippen LogP contribution in [0.4, 0.5) is 0 Å². The van der Waals surface area contributed by atoms with E-state index in [0.29, 0.717) is 52.3 Å². The Bertz CT molecular complexity index is 1040. The minimum absolute atomic E-state index is 0.0218. The summed E-state index contributed by atoms with van der Waals surface area (Å²) in [5.41, 5.74) is 7.21. The monoisotopic (exact) mass is 470 g/mol. The summed E-state index contributed by atoms with van der Waals surface area (Å²) in [6.07, 6.45) is 6.25. The third-order valence-electron chi connectivity index (χ3n) is 5.04. The largest absolute Gasteiger partial charge is 0.490 e. The number of nitrogens with two attached hydrogens (primary N) is 1. The number of nitrogens with zero attached hydrogens (tertiary/aromatic N) is 1. The number of halogens is 1. The molecule has 0 aromatic heterocycles. The first-order valence-corrected chi connectivity index (χ1v) is 10.4. The molecule has 0 unspecified atom stereocenters. The maximum Gasteiger partial charge on any atom is 0.205 e. The van der Waals surface area contributed by atoms with Crippen molar-refractivity contribution in [2.75, 3.05) is 13.2 Å². The average molecular weight is 471 g/mol. The van der Waals surface area contributed by atoms with E-state index in [4.69, 9.17) is 26.4 Å². The van der Waals surface area contributed by atoms with Crippen molar-refractivity contribution in [2.24, 2.45) is 11.1 Å². The molecule has 156 valence electrons. The van der Waals surface area contributed by atoms with Crippen LogP contribution in [0.1, 0.15) is 45.1 Å². The second-order valence-corrected chi connectivity index (χ2v) is 8.81. The van der Waals surface area contributed by atoms with Crippen molar-refractivity contribution < 1.29 is 19.0 Å². The molecule has 0 spiro atoms.